The van der Waals surface area contributed by atoms with E-state index >= 15 is 0 Å². The third kappa shape index (κ3) is 7.57. The van der Waals surface area contributed by atoms with Crippen LogP contribution in [0.5, 0.6) is 5.75 Å². The molecule has 2 heterocycles. The number of carbonyl (C=O) groups excluding carboxylic acids is 1. The first-order valence-electron chi connectivity index (χ1n) is 10.2. The summed E-state index contributed by atoms with van der Waals surface area (Å²) in [4.78, 5) is 24.2. The summed E-state index contributed by atoms with van der Waals surface area (Å²) in [5.41, 5.74) is 1.20. The molecule has 1 aliphatic heterocycles. The van der Waals surface area contributed by atoms with Crippen molar-refractivity contribution in [3.05, 3.63) is 46.7 Å². The lowest BCUT2D eigenvalue weighted by Crippen LogP contribution is -2.53. The Bertz CT molecular complexity index is 819. The van der Waals surface area contributed by atoms with Crippen molar-refractivity contribution in [2.45, 2.75) is 6.42 Å². The maximum absolute atomic E-state index is 12.0. The number of aliphatic imine (C=N–C) groups is 1. The van der Waals surface area contributed by atoms with Gasteiger partial charge in [0, 0.05) is 57.4 Å². The summed E-state index contributed by atoms with van der Waals surface area (Å²) in [6, 6.07) is 12.4. The van der Waals surface area contributed by atoms with E-state index in [1.807, 2.05) is 12.1 Å². The number of likely N-dealkylation sites (N-methyl/N-ethyl adjacent to an activating group) is 1. The normalized spacial score (nSPS) is 14.1. The summed E-state index contributed by atoms with van der Waals surface area (Å²) in [7, 11) is 5.20. The zero-order valence-electron chi connectivity index (χ0n) is 18.4. The number of rotatable bonds is 7. The van der Waals surface area contributed by atoms with Crippen molar-refractivity contribution in [1.29, 1.82) is 0 Å². The number of carbonyl (C=O) groups is 1. The number of anilines is 1. The van der Waals surface area contributed by atoms with Gasteiger partial charge in [0.15, 0.2) is 5.96 Å². The molecule has 0 atom stereocenters. The van der Waals surface area contributed by atoms with Gasteiger partial charge in [-0.2, -0.15) is 0 Å². The summed E-state index contributed by atoms with van der Waals surface area (Å²) in [6.45, 7) is 4.47. The maximum Gasteiger partial charge on any atom is 0.243 e. The maximum atomic E-state index is 12.0. The Kier molecular flexibility index (Phi) is 10.4. The second-order valence-corrected chi connectivity index (χ2v) is 8.39. The Hall–Kier alpha value is -2.01. The van der Waals surface area contributed by atoms with E-state index in [2.05, 4.69) is 49.8 Å². The zero-order valence-corrected chi connectivity index (χ0v) is 21.6. The second-order valence-electron chi connectivity index (χ2n) is 7.36. The highest BCUT2D eigenvalue weighted by atomic mass is 127. The Morgan fingerprint density at radius 2 is 1.87 bits per heavy atom. The molecule has 0 unspecified atom stereocenters. The Labute approximate surface area is 206 Å². The molecule has 0 radical (unpaired) electrons. The van der Waals surface area contributed by atoms with Crippen LogP contribution >= 0.6 is 35.3 Å². The number of benzene rings is 1. The van der Waals surface area contributed by atoms with E-state index in [9.17, 15) is 4.79 Å². The number of piperazine rings is 1. The van der Waals surface area contributed by atoms with Gasteiger partial charge < -0.3 is 24.8 Å². The molecule has 1 aromatic carbocycles. The average Bonchev–Trinajstić information content (AvgIpc) is 3.29. The Morgan fingerprint density at radius 1 is 1.16 bits per heavy atom. The van der Waals surface area contributed by atoms with Crippen LogP contribution in [-0.2, 0) is 11.2 Å². The third-order valence-electron chi connectivity index (χ3n) is 5.11. The van der Waals surface area contributed by atoms with Crippen LogP contribution in [0.2, 0.25) is 0 Å². The molecule has 170 valence electrons. The molecule has 7 nitrogen and oxygen atoms in total. The monoisotopic (exact) mass is 557 g/mol. The predicted molar refractivity (Wildman–Crippen MR) is 139 cm³/mol. The molecule has 31 heavy (non-hydrogen) atoms. The number of halogens is 1. The highest BCUT2D eigenvalue weighted by Crippen LogP contribution is 2.20. The van der Waals surface area contributed by atoms with Gasteiger partial charge in [-0.25, -0.2) is 4.99 Å². The average molecular weight is 558 g/mol. The van der Waals surface area contributed by atoms with Crippen molar-refractivity contribution in [3.8, 4) is 5.75 Å². The standard InChI is InChI=1S/C22H31N5O2S.HI/c1-25(2)21(28)17-24-22(23-11-10-20-5-4-16-30-20)27-14-12-26(13-15-27)18-6-8-19(29-3)9-7-18;/h4-9,16H,10-15,17H2,1-3H3,(H,23,24);1H. The van der Waals surface area contributed by atoms with Crippen LogP contribution in [0.15, 0.2) is 46.8 Å². The summed E-state index contributed by atoms with van der Waals surface area (Å²) >= 11 is 1.76. The lowest BCUT2D eigenvalue weighted by Gasteiger charge is -2.37. The van der Waals surface area contributed by atoms with E-state index in [1.54, 1.807) is 37.4 Å². The molecular weight excluding hydrogens is 525 g/mol. The van der Waals surface area contributed by atoms with Crippen LogP contribution in [0, 0.1) is 0 Å². The first kappa shape index (κ1) is 25.3. The lowest BCUT2D eigenvalue weighted by molar-refractivity contribution is -0.127. The molecule has 0 saturated carbocycles. The third-order valence-corrected chi connectivity index (χ3v) is 6.05. The molecule has 1 N–H and O–H groups in total. The molecule has 1 saturated heterocycles. The van der Waals surface area contributed by atoms with E-state index in [1.165, 1.54) is 10.6 Å². The molecular formula is C22H32IN5O2S. The number of amides is 1. The molecule has 1 aliphatic rings. The number of hydrogen-bond acceptors (Lipinski definition) is 5. The molecule has 3 rings (SSSR count). The van der Waals surface area contributed by atoms with Crippen molar-refractivity contribution in [3.63, 3.8) is 0 Å². The number of methoxy groups -OCH3 is 1. The van der Waals surface area contributed by atoms with Crippen molar-refractivity contribution >= 4 is 52.9 Å². The van der Waals surface area contributed by atoms with E-state index in [0.29, 0.717) is 0 Å². The summed E-state index contributed by atoms with van der Waals surface area (Å²) in [6.07, 6.45) is 0.949. The first-order valence-corrected chi connectivity index (χ1v) is 11.1. The van der Waals surface area contributed by atoms with Gasteiger partial charge >= 0.3 is 0 Å². The van der Waals surface area contributed by atoms with Crippen molar-refractivity contribution in [1.82, 2.24) is 15.1 Å². The van der Waals surface area contributed by atoms with E-state index in [-0.39, 0.29) is 36.4 Å². The topological polar surface area (TPSA) is 60.4 Å². The SMILES string of the molecule is COc1ccc(N2CCN(C(=NCC(=O)N(C)C)NCCc3cccs3)CC2)cc1.I. The van der Waals surface area contributed by atoms with Gasteiger partial charge in [0.05, 0.1) is 7.11 Å². The largest absolute Gasteiger partial charge is 0.497 e. The second kappa shape index (κ2) is 12.7. The smallest absolute Gasteiger partial charge is 0.243 e. The fourth-order valence-electron chi connectivity index (χ4n) is 3.27. The summed E-state index contributed by atoms with van der Waals surface area (Å²) in [5.74, 6) is 1.69. The Balaban J connectivity index is 0.00000341. The number of nitrogens with zero attached hydrogens (tertiary/aromatic N) is 4. The number of nitrogens with one attached hydrogen (secondary N) is 1. The van der Waals surface area contributed by atoms with Gasteiger partial charge in [0.1, 0.15) is 12.3 Å². The highest BCUT2D eigenvalue weighted by molar-refractivity contribution is 14.0. The van der Waals surface area contributed by atoms with Crippen molar-refractivity contribution in [2.24, 2.45) is 4.99 Å². The molecule has 1 amide bonds. The molecule has 0 spiro atoms. The zero-order chi connectivity index (χ0) is 21.3. The van der Waals surface area contributed by atoms with Crippen LogP contribution in [0.3, 0.4) is 0 Å². The minimum Gasteiger partial charge on any atom is -0.497 e. The van der Waals surface area contributed by atoms with Crippen LogP contribution < -0.4 is 15.0 Å². The molecule has 1 aromatic heterocycles. The summed E-state index contributed by atoms with van der Waals surface area (Å²) in [5, 5.41) is 5.56. The van der Waals surface area contributed by atoms with E-state index < -0.39 is 0 Å². The van der Waals surface area contributed by atoms with Gasteiger partial charge in [0.25, 0.3) is 0 Å². The van der Waals surface area contributed by atoms with Gasteiger partial charge in [-0.15, -0.1) is 35.3 Å². The van der Waals surface area contributed by atoms with E-state index in [0.717, 1.165) is 50.9 Å². The molecule has 1 fully saturated rings. The van der Waals surface area contributed by atoms with Crippen molar-refractivity contribution in [2.75, 3.05) is 65.4 Å². The van der Waals surface area contributed by atoms with Crippen LogP contribution in [0.4, 0.5) is 5.69 Å². The molecule has 0 bridgehead atoms. The number of guanidine groups is 1. The van der Waals surface area contributed by atoms with Gasteiger partial charge in [0.2, 0.25) is 5.91 Å². The quantitative estimate of drug-likeness (QED) is 0.323. The predicted octanol–water partition coefficient (Wildman–Crippen LogP) is 2.77. The molecule has 0 aliphatic carbocycles. The van der Waals surface area contributed by atoms with Crippen LogP contribution in [0.1, 0.15) is 4.88 Å². The minimum absolute atomic E-state index is 0. The Morgan fingerprint density at radius 3 is 2.45 bits per heavy atom. The number of thiophene rings is 1. The number of hydrogen-bond donors (Lipinski definition) is 1. The fourth-order valence-corrected chi connectivity index (χ4v) is 3.98. The summed E-state index contributed by atoms with van der Waals surface area (Å²) < 4.78 is 5.25. The first-order chi connectivity index (χ1) is 14.6. The van der Waals surface area contributed by atoms with Gasteiger partial charge in [-0.3, -0.25) is 4.79 Å². The van der Waals surface area contributed by atoms with Gasteiger partial charge in [-0.1, -0.05) is 6.07 Å². The molecule has 2 aromatic rings. The fraction of sp³-hybridized carbons (Fsp3) is 0.455. The van der Waals surface area contributed by atoms with Gasteiger partial charge in [-0.05, 0) is 42.1 Å². The number of ether oxygens (including phenoxy) is 1. The van der Waals surface area contributed by atoms with Crippen LogP contribution in [0.25, 0.3) is 0 Å². The van der Waals surface area contributed by atoms with Crippen molar-refractivity contribution < 1.29 is 9.53 Å². The lowest BCUT2D eigenvalue weighted by atomic mass is 10.2. The highest BCUT2D eigenvalue weighted by Gasteiger charge is 2.20. The molecule has 9 heteroatoms. The van der Waals surface area contributed by atoms with Crippen LogP contribution in [-0.4, -0.2) is 82.1 Å². The van der Waals surface area contributed by atoms with E-state index in [4.69, 9.17) is 4.74 Å². The minimum atomic E-state index is 0.